The Morgan fingerprint density at radius 1 is 1.09 bits per heavy atom. The molecule has 3 heteroatoms. The first-order valence-corrected chi connectivity index (χ1v) is 8.04. The monoisotopic (exact) mass is 314 g/mol. The van der Waals surface area contributed by atoms with Gasteiger partial charge < -0.3 is 10.3 Å². The molecule has 0 radical (unpaired) electrons. The van der Waals surface area contributed by atoms with E-state index in [1.54, 1.807) is 0 Å². The zero-order valence-corrected chi connectivity index (χ0v) is 13.8. The molecule has 2 nitrogen and oxygen atoms in total. The van der Waals surface area contributed by atoms with E-state index in [2.05, 4.69) is 54.0 Å². The van der Waals surface area contributed by atoms with Gasteiger partial charge in [-0.15, -0.1) is 12.4 Å². The fourth-order valence-electron chi connectivity index (χ4n) is 3.49. The van der Waals surface area contributed by atoms with Crippen molar-refractivity contribution in [1.29, 1.82) is 0 Å². The van der Waals surface area contributed by atoms with Crippen molar-refractivity contribution in [3.8, 4) is 0 Å². The number of halogens is 1. The molecule has 1 aromatic heterocycles. The van der Waals surface area contributed by atoms with Gasteiger partial charge in [0.05, 0.1) is 0 Å². The largest absolute Gasteiger partial charge is 0.341 e. The van der Waals surface area contributed by atoms with Gasteiger partial charge in [0.25, 0.3) is 0 Å². The summed E-state index contributed by atoms with van der Waals surface area (Å²) in [7, 11) is 0. The van der Waals surface area contributed by atoms with Gasteiger partial charge in [0.15, 0.2) is 0 Å². The van der Waals surface area contributed by atoms with E-state index in [0.29, 0.717) is 0 Å². The molecule has 0 spiro atoms. The summed E-state index contributed by atoms with van der Waals surface area (Å²) in [6, 6.07) is 15.7. The molecule has 1 aliphatic rings. The normalized spacial score (nSPS) is 15.9. The summed E-state index contributed by atoms with van der Waals surface area (Å²) in [5.74, 6) is 0.868. The highest BCUT2D eigenvalue weighted by Gasteiger charge is 2.24. The van der Waals surface area contributed by atoms with Crippen LogP contribution in [0.1, 0.15) is 37.8 Å². The van der Waals surface area contributed by atoms with E-state index in [-0.39, 0.29) is 18.4 Å². The van der Waals surface area contributed by atoms with Gasteiger partial charge in [0.1, 0.15) is 0 Å². The number of aryl methyl sites for hydroxylation is 1. The van der Waals surface area contributed by atoms with Crippen LogP contribution >= 0.6 is 12.4 Å². The number of hydrogen-bond acceptors (Lipinski definition) is 1. The van der Waals surface area contributed by atoms with Crippen LogP contribution in [0.3, 0.4) is 0 Å². The molecule has 1 aliphatic carbocycles. The van der Waals surface area contributed by atoms with Crippen molar-refractivity contribution in [2.45, 2.75) is 38.8 Å². The van der Waals surface area contributed by atoms with E-state index < -0.39 is 0 Å². The first kappa shape index (κ1) is 15.4. The van der Waals surface area contributed by atoms with Crippen LogP contribution in [0.25, 0.3) is 21.8 Å². The summed E-state index contributed by atoms with van der Waals surface area (Å²) in [4.78, 5) is 0. The van der Waals surface area contributed by atoms with Crippen LogP contribution in [-0.4, -0.2) is 4.57 Å². The first-order chi connectivity index (χ1) is 10.3. The van der Waals surface area contributed by atoms with Gasteiger partial charge in [-0.2, -0.15) is 0 Å². The van der Waals surface area contributed by atoms with E-state index in [1.165, 1.54) is 40.2 Å². The Kier molecular flexibility index (Phi) is 4.16. The molecule has 0 unspecified atom stereocenters. The minimum absolute atomic E-state index is 0. The maximum absolute atomic E-state index is 6.40. The van der Waals surface area contributed by atoms with Crippen molar-refractivity contribution in [3.63, 3.8) is 0 Å². The minimum atomic E-state index is 0. The van der Waals surface area contributed by atoms with Gasteiger partial charge in [-0.05, 0) is 43.0 Å². The summed E-state index contributed by atoms with van der Waals surface area (Å²) >= 11 is 0. The first-order valence-electron chi connectivity index (χ1n) is 8.04. The van der Waals surface area contributed by atoms with Crippen molar-refractivity contribution in [3.05, 3.63) is 48.0 Å². The SMILES string of the molecule is CCn1c2ccccc2c2cc([C@H](N)CC3CC3)ccc21.Cl. The van der Waals surface area contributed by atoms with Gasteiger partial charge in [0, 0.05) is 34.4 Å². The molecule has 0 saturated heterocycles. The third kappa shape index (κ3) is 2.51. The fraction of sp³-hybridized carbons (Fsp3) is 0.368. The molecule has 1 saturated carbocycles. The average Bonchev–Trinajstić information content (AvgIpc) is 3.27. The van der Waals surface area contributed by atoms with Crippen LogP contribution in [0.15, 0.2) is 42.5 Å². The minimum Gasteiger partial charge on any atom is -0.341 e. The molecular formula is C19H23ClN2. The number of para-hydroxylation sites is 1. The molecule has 3 aromatic rings. The Morgan fingerprint density at radius 3 is 2.55 bits per heavy atom. The zero-order valence-electron chi connectivity index (χ0n) is 13.0. The molecule has 22 heavy (non-hydrogen) atoms. The van der Waals surface area contributed by atoms with Crippen LogP contribution in [0.5, 0.6) is 0 Å². The Hall–Kier alpha value is -1.51. The second kappa shape index (κ2) is 5.94. The molecule has 2 aromatic carbocycles. The Morgan fingerprint density at radius 2 is 1.82 bits per heavy atom. The molecule has 1 fully saturated rings. The van der Waals surface area contributed by atoms with Crippen LogP contribution in [0.4, 0.5) is 0 Å². The zero-order chi connectivity index (χ0) is 14.4. The smallest absolute Gasteiger partial charge is 0.0491 e. The van der Waals surface area contributed by atoms with E-state index in [0.717, 1.165) is 18.9 Å². The quantitative estimate of drug-likeness (QED) is 0.719. The maximum atomic E-state index is 6.40. The number of hydrogen-bond donors (Lipinski definition) is 1. The predicted octanol–water partition coefficient (Wildman–Crippen LogP) is 5.04. The Balaban J connectivity index is 0.00000144. The standard InChI is InChI=1S/C19H22N2.ClH/c1-2-21-18-6-4-3-5-15(18)16-12-14(9-10-19(16)21)17(20)11-13-7-8-13;/h3-6,9-10,12-13,17H,2,7-8,11,20H2,1H3;1H/t17-;/m1./s1. The lowest BCUT2D eigenvalue weighted by atomic mass is 10.00. The number of rotatable bonds is 4. The lowest BCUT2D eigenvalue weighted by Crippen LogP contribution is -2.10. The number of aromatic nitrogens is 1. The van der Waals surface area contributed by atoms with E-state index in [1.807, 2.05) is 0 Å². The van der Waals surface area contributed by atoms with Crippen LogP contribution < -0.4 is 5.73 Å². The molecule has 0 aliphatic heterocycles. The second-order valence-electron chi connectivity index (χ2n) is 6.32. The van der Waals surface area contributed by atoms with Gasteiger partial charge in [-0.25, -0.2) is 0 Å². The van der Waals surface area contributed by atoms with E-state index >= 15 is 0 Å². The van der Waals surface area contributed by atoms with Crippen molar-refractivity contribution in [2.75, 3.05) is 0 Å². The third-order valence-corrected chi connectivity index (χ3v) is 4.82. The average molecular weight is 315 g/mol. The highest BCUT2D eigenvalue weighted by molar-refractivity contribution is 6.08. The van der Waals surface area contributed by atoms with Crippen LogP contribution in [-0.2, 0) is 6.54 Å². The number of nitrogens with two attached hydrogens (primary N) is 1. The molecule has 1 atom stereocenters. The third-order valence-electron chi connectivity index (χ3n) is 4.82. The molecular weight excluding hydrogens is 292 g/mol. The summed E-state index contributed by atoms with van der Waals surface area (Å²) in [5.41, 5.74) is 10.3. The van der Waals surface area contributed by atoms with E-state index in [4.69, 9.17) is 5.73 Å². The maximum Gasteiger partial charge on any atom is 0.0491 e. The van der Waals surface area contributed by atoms with Crippen molar-refractivity contribution in [1.82, 2.24) is 4.57 Å². The summed E-state index contributed by atoms with van der Waals surface area (Å²) in [5, 5.41) is 2.69. The second-order valence-corrected chi connectivity index (χ2v) is 6.32. The lowest BCUT2D eigenvalue weighted by molar-refractivity contribution is 0.597. The Bertz CT molecular complexity index is 802. The van der Waals surface area contributed by atoms with E-state index in [9.17, 15) is 0 Å². The summed E-state index contributed by atoms with van der Waals surface area (Å²) < 4.78 is 2.39. The van der Waals surface area contributed by atoms with Crippen molar-refractivity contribution in [2.24, 2.45) is 11.7 Å². The summed E-state index contributed by atoms with van der Waals surface area (Å²) in [6.07, 6.45) is 3.87. The number of fused-ring (bicyclic) bond motifs is 3. The fourth-order valence-corrected chi connectivity index (χ4v) is 3.49. The number of nitrogens with zero attached hydrogens (tertiary/aromatic N) is 1. The molecule has 4 rings (SSSR count). The van der Waals surface area contributed by atoms with Gasteiger partial charge in [-0.1, -0.05) is 37.1 Å². The lowest BCUT2D eigenvalue weighted by Gasteiger charge is -2.12. The summed E-state index contributed by atoms with van der Waals surface area (Å²) in [6.45, 7) is 3.20. The predicted molar refractivity (Wildman–Crippen MR) is 96.6 cm³/mol. The molecule has 0 amide bonds. The number of benzene rings is 2. The highest BCUT2D eigenvalue weighted by atomic mass is 35.5. The Labute approximate surface area is 137 Å². The van der Waals surface area contributed by atoms with Gasteiger partial charge in [-0.3, -0.25) is 0 Å². The van der Waals surface area contributed by atoms with Gasteiger partial charge in [0.2, 0.25) is 0 Å². The molecule has 0 bridgehead atoms. The topological polar surface area (TPSA) is 30.9 Å². The molecule has 1 heterocycles. The molecule has 2 N–H and O–H groups in total. The molecule has 116 valence electrons. The van der Waals surface area contributed by atoms with Crippen LogP contribution in [0.2, 0.25) is 0 Å². The van der Waals surface area contributed by atoms with Crippen molar-refractivity contribution < 1.29 is 0 Å². The van der Waals surface area contributed by atoms with Gasteiger partial charge >= 0.3 is 0 Å². The van der Waals surface area contributed by atoms with Crippen molar-refractivity contribution >= 4 is 34.2 Å². The highest BCUT2D eigenvalue weighted by Crippen LogP contribution is 2.38. The van der Waals surface area contributed by atoms with Crippen LogP contribution in [0, 0.1) is 5.92 Å².